The molecule has 0 saturated heterocycles. The summed E-state index contributed by atoms with van der Waals surface area (Å²) in [5.41, 5.74) is 1.98. The van der Waals surface area contributed by atoms with E-state index in [9.17, 15) is 0 Å². The average molecular weight is 423 g/mol. The summed E-state index contributed by atoms with van der Waals surface area (Å²) in [7, 11) is 0. The van der Waals surface area contributed by atoms with E-state index in [1.165, 1.54) is 83.5 Å². The average Bonchev–Trinajstić information content (AvgIpc) is 2.81. The molecule has 1 aromatic carbocycles. The second-order valence-corrected chi connectivity index (χ2v) is 8.48. The Hall–Kier alpha value is -2.16. The van der Waals surface area contributed by atoms with E-state index < -0.39 is 0 Å². The van der Waals surface area contributed by atoms with E-state index in [4.69, 9.17) is 4.74 Å². The molecule has 2 aromatic rings. The first kappa shape index (κ1) is 25.1. The molecule has 1 heterocycles. The summed E-state index contributed by atoms with van der Waals surface area (Å²) in [6, 6.07) is 11.9. The lowest BCUT2D eigenvalue weighted by molar-refractivity contribution is 0.304. The number of ether oxygens (including phenoxy) is 1. The van der Waals surface area contributed by atoms with Crippen molar-refractivity contribution in [1.29, 1.82) is 0 Å². The van der Waals surface area contributed by atoms with Gasteiger partial charge in [0.2, 0.25) is 0 Å². The topological polar surface area (TPSA) is 34.5 Å². The van der Waals surface area contributed by atoms with Crippen LogP contribution < -0.4 is 4.74 Å². The number of rotatable bonds is 18. The van der Waals surface area contributed by atoms with Crippen LogP contribution in [0, 0.1) is 0 Å². The van der Waals surface area contributed by atoms with Crippen LogP contribution >= 0.6 is 0 Å². The largest absolute Gasteiger partial charge is 0.494 e. The molecule has 0 aliphatic heterocycles. The lowest BCUT2D eigenvalue weighted by Crippen LogP contribution is -1.97. The summed E-state index contributed by atoms with van der Waals surface area (Å²) in [6.07, 6.45) is 24.7. The summed E-state index contributed by atoms with van der Waals surface area (Å²) >= 11 is 0. The van der Waals surface area contributed by atoms with Crippen LogP contribution in [-0.4, -0.2) is 17.8 Å². The van der Waals surface area contributed by atoms with Gasteiger partial charge >= 0.3 is 0 Å². The molecule has 0 aliphatic carbocycles. The molecule has 2 rings (SSSR count). The highest BCUT2D eigenvalue weighted by Gasteiger charge is 1.97. The van der Waals surface area contributed by atoms with Gasteiger partial charge in [-0.05, 0) is 48.4 Å². The first-order valence-electron chi connectivity index (χ1n) is 12.6. The molecule has 31 heavy (non-hydrogen) atoms. The van der Waals surface area contributed by atoms with Crippen LogP contribution in [0.3, 0.4) is 0 Å². The highest BCUT2D eigenvalue weighted by molar-refractivity contribution is 5.81. The molecule has 3 nitrogen and oxygen atoms in total. The highest BCUT2D eigenvalue weighted by Crippen LogP contribution is 2.19. The fourth-order valence-electron chi connectivity index (χ4n) is 3.71. The molecule has 170 valence electrons. The number of hydrogen-bond donors (Lipinski definition) is 0. The summed E-state index contributed by atoms with van der Waals surface area (Å²) in [5.74, 6) is 0.928. The van der Waals surface area contributed by atoms with Crippen LogP contribution in [0.2, 0.25) is 0 Å². The minimum absolute atomic E-state index is 0.803. The quantitative estimate of drug-likeness (QED) is 0.178. The van der Waals surface area contributed by atoms with E-state index in [1.807, 2.05) is 42.6 Å². The molecule has 0 spiro atoms. The van der Waals surface area contributed by atoms with Gasteiger partial charge in [0.15, 0.2) is 0 Å². The molecular weight excluding hydrogens is 380 g/mol. The Labute approximate surface area is 190 Å². The lowest BCUT2D eigenvalue weighted by atomic mass is 10.0. The van der Waals surface area contributed by atoms with Gasteiger partial charge in [-0.15, -0.1) is 0 Å². The molecule has 0 aliphatic rings. The third-order valence-corrected chi connectivity index (χ3v) is 5.67. The Morgan fingerprint density at radius 3 is 1.74 bits per heavy atom. The Morgan fingerprint density at radius 2 is 1.19 bits per heavy atom. The van der Waals surface area contributed by atoms with Crippen molar-refractivity contribution >= 4 is 11.9 Å². The van der Waals surface area contributed by atoms with Gasteiger partial charge in [0.05, 0.1) is 12.3 Å². The molecular formula is C28H42N2O. The molecule has 0 unspecified atom stereocenters. The number of nitrogens with zero attached hydrogens (tertiary/aromatic N) is 2. The van der Waals surface area contributed by atoms with Gasteiger partial charge in [0.25, 0.3) is 0 Å². The number of hydrogen-bond acceptors (Lipinski definition) is 3. The SMILES string of the molecule is CCCCCCCCCCCCCCCCOc1ccc(N=Cc2ccncc2)cc1. The Morgan fingerprint density at radius 1 is 0.677 bits per heavy atom. The van der Waals surface area contributed by atoms with Crippen molar-refractivity contribution in [3.63, 3.8) is 0 Å². The van der Waals surface area contributed by atoms with Gasteiger partial charge in [-0.3, -0.25) is 9.98 Å². The summed E-state index contributed by atoms with van der Waals surface area (Å²) in [6.45, 7) is 3.09. The highest BCUT2D eigenvalue weighted by atomic mass is 16.5. The molecule has 0 atom stereocenters. The van der Waals surface area contributed by atoms with Crippen molar-refractivity contribution in [2.24, 2.45) is 4.99 Å². The molecule has 3 heteroatoms. The van der Waals surface area contributed by atoms with E-state index in [2.05, 4.69) is 16.9 Å². The van der Waals surface area contributed by atoms with Gasteiger partial charge in [0, 0.05) is 18.6 Å². The fourth-order valence-corrected chi connectivity index (χ4v) is 3.71. The van der Waals surface area contributed by atoms with Gasteiger partial charge in [-0.25, -0.2) is 0 Å². The number of benzene rings is 1. The van der Waals surface area contributed by atoms with Gasteiger partial charge < -0.3 is 4.74 Å². The standard InChI is InChI=1S/C28H42N2O/c1-2-3-4-5-6-7-8-9-10-11-12-13-14-15-24-31-28-18-16-27(17-19-28)30-25-26-20-22-29-23-21-26/h16-23,25H,2-15,24H2,1H3. The second-order valence-electron chi connectivity index (χ2n) is 8.48. The fraction of sp³-hybridized carbons (Fsp3) is 0.571. The molecule has 0 amide bonds. The lowest BCUT2D eigenvalue weighted by Gasteiger charge is -2.06. The predicted molar refractivity (Wildman–Crippen MR) is 134 cm³/mol. The zero-order chi connectivity index (χ0) is 21.8. The second kappa shape index (κ2) is 17.5. The minimum atomic E-state index is 0.803. The number of aliphatic imine (C=N–C) groups is 1. The Kier molecular flexibility index (Phi) is 14.2. The molecule has 0 saturated carbocycles. The monoisotopic (exact) mass is 422 g/mol. The van der Waals surface area contributed by atoms with Crippen molar-refractivity contribution in [1.82, 2.24) is 4.98 Å². The van der Waals surface area contributed by atoms with Crippen LogP contribution in [0.4, 0.5) is 5.69 Å². The van der Waals surface area contributed by atoms with Crippen molar-refractivity contribution < 1.29 is 4.74 Å². The van der Waals surface area contributed by atoms with Crippen LogP contribution in [0.25, 0.3) is 0 Å². The Bertz CT molecular complexity index is 682. The minimum Gasteiger partial charge on any atom is -0.494 e. The van der Waals surface area contributed by atoms with Gasteiger partial charge in [-0.2, -0.15) is 0 Å². The van der Waals surface area contributed by atoms with Crippen LogP contribution in [0.1, 0.15) is 102 Å². The third-order valence-electron chi connectivity index (χ3n) is 5.67. The summed E-state index contributed by atoms with van der Waals surface area (Å²) < 4.78 is 5.87. The van der Waals surface area contributed by atoms with Crippen molar-refractivity contribution in [2.45, 2.75) is 96.8 Å². The smallest absolute Gasteiger partial charge is 0.119 e. The van der Waals surface area contributed by atoms with Gasteiger partial charge in [0.1, 0.15) is 5.75 Å². The van der Waals surface area contributed by atoms with Crippen molar-refractivity contribution in [3.05, 3.63) is 54.4 Å². The van der Waals surface area contributed by atoms with Crippen LogP contribution in [0.5, 0.6) is 5.75 Å². The van der Waals surface area contributed by atoms with E-state index in [0.29, 0.717) is 0 Å². The number of aromatic nitrogens is 1. The zero-order valence-corrected chi connectivity index (χ0v) is 19.6. The van der Waals surface area contributed by atoms with Gasteiger partial charge in [-0.1, -0.05) is 90.4 Å². The molecule has 0 fully saturated rings. The number of pyridine rings is 1. The van der Waals surface area contributed by atoms with E-state index in [0.717, 1.165) is 30.0 Å². The first-order valence-corrected chi connectivity index (χ1v) is 12.6. The molecule has 0 N–H and O–H groups in total. The molecule has 0 radical (unpaired) electrons. The third kappa shape index (κ3) is 13.0. The Balaban J connectivity index is 1.41. The first-order chi connectivity index (χ1) is 15.4. The maximum Gasteiger partial charge on any atom is 0.119 e. The summed E-state index contributed by atoms with van der Waals surface area (Å²) in [5, 5.41) is 0. The van der Waals surface area contributed by atoms with E-state index in [-0.39, 0.29) is 0 Å². The van der Waals surface area contributed by atoms with Crippen molar-refractivity contribution in [3.8, 4) is 5.75 Å². The van der Waals surface area contributed by atoms with Crippen LogP contribution in [0.15, 0.2) is 53.8 Å². The normalized spacial score (nSPS) is 11.3. The van der Waals surface area contributed by atoms with Crippen LogP contribution in [-0.2, 0) is 0 Å². The maximum absolute atomic E-state index is 5.87. The van der Waals surface area contributed by atoms with Crippen molar-refractivity contribution in [2.75, 3.05) is 6.61 Å². The number of unbranched alkanes of at least 4 members (excludes halogenated alkanes) is 13. The predicted octanol–water partition coefficient (Wildman–Crippen LogP) is 8.69. The molecule has 0 bridgehead atoms. The van der Waals surface area contributed by atoms with E-state index in [1.54, 1.807) is 12.4 Å². The summed E-state index contributed by atoms with van der Waals surface area (Å²) in [4.78, 5) is 8.50. The molecule has 1 aromatic heterocycles. The maximum atomic E-state index is 5.87. The van der Waals surface area contributed by atoms with E-state index >= 15 is 0 Å². The zero-order valence-electron chi connectivity index (χ0n) is 19.6.